The Hall–Kier alpha value is -2.69. The second-order valence-electron chi connectivity index (χ2n) is 6.73. The summed E-state index contributed by atoms with van der Waals surface area (Å²) in [4.78, 5) is 11.8. The molecule has 1 aromatic carbocycles. The van der Waals surface area contributed by atoms with Gasteiger partial charge < -0.3 is 18.6 Å². The van der Waals surface area contributed by atoms with Crippen molar-refractivity contribution in [2.45, 2.75) is 33.3 Å². The highest BCUT2D eigenvalue weighted by Gasteiger charge is 2.30. The molecule has 0 saturated heterocycles. The molecule has 0 fully saturated rings. The zero-order valence-corrected chi connectivity index (χ0v) is 15.1. The van der Waals surface area contributed by atoms with E-state index < -0.39 is 11.2 Å². The summed E-state index contributed by atoms with van der Waals surface area (Å²) in [5.74, 6) is 1.53. The molecule has 0 unspecified atom stereocenters. The van der Waals surface area contributed by atoms with Crippen LogP contribution in [0.1, 0.15) is 33.3 Å². The number of hydrogen-bond acceptors (Lipinski definition) is 5. The lowest BCUT2D eigenvalue weighted by atomic mass is 9.99. The topological polar surface area (TPSA) is 57.9 Å². The summed E-state index contributed by atoms with van der Waals surface area (Å²) in [5.41, 5.74) is 1.28. The molecular formula is C20H22O5. The molecule has 3 rings (SSSR count). The van der Waals surface area contributed by atoms with E-state index in [1.54, 1.807) is 13.2 Å². The van der Waals surface area contributed by atoms with Gasteiger partial charge in [-0.2, -0.15) is 0 Å². The van der Waals surface area contributed by atoms with E-state index in [9.17, 15) is 4.79 Å². The Morgan fingerprint density at radius 2 is 2.00 bits per heavy atom. The summed E-state index contributed by atoms with van der Waals surface area (Å²) in [6, 6.07) is 3.05. The Labute approximate surface area is 146 Å². The third kappa shape index (κ3) is 3.27. The number of benzene rings is 1. The molecule has 0 atom stereocenters. The summed E-state index contributed by atoms with van der Waals surface area (Å²) >= 11 is 0. The molecule has 25 heavy (non-hydrogen) atoms. The van der Waals surface area contributed by atoms with Crippen LogP contribution in [-0.2, 0) is 0 Å². The first-order valence-electron chi connectivity index (χ1n) is 8.14. The van der Waals surface area contributed by atoms with Crippen molar-refractivity contribution in [2.24, 2.45) is 0 Å². The maximum absolute atomic E-state index is 11.8. The van der Waals surface area contributed by atoms with Crippen LogP contribution in [0.15, 0.2) is 39.1 Å². The van der Waals surface area contributed by atoms with Gasteiger partial charge in [0.15, 0.2) is 11.3 Å². The molecule has 0 spiro atoms. The van der Waals surface area contributed by atoms with E-state index in [1.165, 1.54) is 6.07 Å². The second kappa shape index (κ2) is 6.31. The summed E-state index contributed by atoms with van der Waals surface area (Å²) in [6.07, 6.45) is 5.87. The number of rotatable bonds is 4. The van der Waals surface area contributed by atoms with Gasteiger partial charge in [0.25, 0.3) is 0 Å². The smallest absolute Gasteiger partial charge is 0.336 e. The first kappa shape index (κ1) is 17.1. The van der Waals surface area contributed by atoms with Gasteiger partial charge in [0.05, 0.1) is 18.1 Å². The fourth-order valence-corrected chi connectivity index (χ4v) is 2.71. The van der Waals surface area contributed by atoms with Gasteiger partial charge in [0.1, 0.15) is 18.0 Å². The van der Waals surface area contributed by atoms with Crippen LogP contribution in [0.3, 0.4) is 0 Å². The maximum atomic E-state index is 11.8. The molecular weight excluding hydrogens is 320 g/mol. The monoisotopic (exact) mass is 342 g/mol. The van der Waals surface area contributed by atoms with Crippen LogP contribution < -0.4 is 19.8 Å². The minimum Gasteiger partial charge on any atom is -0.495 e. The molecule has 0 amide bonds. The van der Waals surface area contributed by atoms with Crippen LogP contribution >= 0.6 is 0 Å². The van der Waals surface area contributed by atoms with Crippen molar-refractivity contribution in [3.05, 3.63) is 45.8 Å². The first-order chi connectivity index (χ1) is 11.8. The van der Waals surface area contributed by atoms with Crippen molar-refractivity contribution >= 4 is 17.0 Å². The number of ether oxygens (including phenoxy) is 3. The number of methoxy groups -OCH3 is 1. The fraction of sp³-hybridized carbons (Fsp3) is 0.350. The van der Waals surface area contributed by atoms with Gasteiger partial charge in [-0.25, -0.2) is 4.79 Å². The zero-order valence-electron chi connectivity index (χ0n) is 15.1. The second-order valence-corrected chi connectivity index (χ2v) is 6.73. The summed E-state index contributed by atoms with van der Waals surface area (Å²) in [7, 11) is 1.58. The van der Waals surface area contributed by atoms with Gasteiger partial charge in [0, 0.05) is 6.07 Å². The fourth-order valence-electron chi connectivity index (χ4n) is 2.71. The molecule has 2 aromatic rings. The van der Waals surface area contributed by atoms with E-state index in [1.807, 2.05) is 45.9 Å². The van der Waals surface area contributed by atoms with Crippen molar-refractivity contribution in [1.29, 1.82) is 0 Å². The van der Waals surface area contributed by atoms with Crippen LogP contribution in [0, 0.1) is 0 Å². The SMILES string of the molecule is COc1c2c(c(OCC=C(C)C)c3oc(=O)ccc13)OC(C)(C)C=C2. The molecule has 1 aliphatic heterocycles. The predicted molar refractivity (Wildman–Crippen MR) is 97.7 cm³/mol. The van der Waals surface area contributed by atoms with Gasteiger partial charge in [-0.05, 0) is 52.0 Å². The molecule has 5 nitrogen and oxygen atoms in total. The van der Waals surface area contributed by atoms with Crippen LogP contribution in [0.2, 0.25) is 0 Å². The lowest BCUT2D eigenvalue weighted by molar-refractivity contribution is 0.150. The van der Waals surface area contributed by atoms with E-state index in [2.05, 4.69) is 0 Å². The molecule has 0 radical (unpaired) electrons. The number of hydrogen-bond donors (Lipinski definition) is 0. The summed E-state index contributed by atoms with van der Waals surface area (Å²) < 4.78 is 23.1. The zero-order chi connectivity index (χ0) is 18.2. The highest BCUT2D eigenvalue weighted by Crippen LogP contribution is 2.49. The Balaban J connectivity index is 2.30. The maximum Gasteiger partial charge on any atom is 0.336 e. The van der Waals surface area contributed by atoms with Gasteiger partial charge in [-0.15, -0.1) is 0 Å². The van der Waals surface area contributed by atoms with Crippen molar-refractivity contribution < 1.29 is 18.6 Å². The van der Waals surface area contributed by atoms with Crippen molar-refractivity contribution in [3.8, 4) is 17.2 Å². The highest BCUT2D eigenvalue weighted by molar-refractivity contribution is 5.96. The largest absolute Gasteiger partial charge is 0.495 e. The average Bonchev–Trinajstić information content (AvgIpc) is 2.53. The van der Waals surface area contributed by atoms with E-state index in [4.69, 9.17) is 18.6 Å². The van der Waals surface area contributed by atoms with Gasteiger partial charge in [0.2, 0.25) is 5.75 Å². The lowest BCUT2D eigenvalue weighted by Crippen LogP contribution is -2.28. The van der Waals surface area contributed by atoms with Gasteiger partial charge in [-0.3, -0.25) is 0 Å². The van der Waals surface area contributed by atoms with E-state index in [0.717, 1.165) is 11.1 Å². The minimum absolute atomic E-state index is 0.330. The van der Waals surface area contributed by atoms with Crippen molar-refractivity contribution in [1.82, 2.24) is 0 Å². The molecule has 0 N–H and O–H groups in total. The molecule has 2 heterocycles. The van der Waals surface area contributed by atoms with Crippen LogP contribution in [0.25, 0.3) is 17.0 Å². The van der Waals surface area contributed by atoms with Crippen LogP contribution in [0.4, 0.5) is 0 Å². The van der Waals surface area contributed by atoms with Gasteiger partial charge in [-0.1, -0.05) is 5.57 Å². The lowest BCUT2D eigenvalue weighted by Gasteiger charge is -2.30. The third-order valence-corrected chi connectivity index (χ3v) is 3.92. The third-order valence-electron chi connectivity index (χ3n) is 3.92. The Morgan fingerprint density at radius 3 is 2.68 bits per heavy atom. The van der Waals surface area contributed by atoms with E-state index in [0.29, 0.717) is 34.8 Å². The molecule has 1 aromatic heterocycles. The van der Waals surface area contributed by atoms with Crippen LogP contribution in [0.5, 0.6) is 17.2 Å². The quantitative estimate of drug-likeness (QED) is 0.611. The standard InChI is InChI=1S/C20H22O5/c1-12(2)9-11-23-19-17-13(6-7-15(21)24-17)16(22-5)14-8-10-20(3,4)25-18(14)19/h6-10H,11H2,1-5H3. The van der Waals surface area contributed by atoms with E-state index in [-0.39, 0.29) is 0 Å². The Bertz CT molecular complexity index is 927. The normalized spacial score (nSPS) is 14.6. The molecule has 1 aliphatic rings. The highest BCUT2D eigenvalue weighted by atomic mass is 16.5. The summed E-state index contributed by atoms with van der Waals surface area (Å²) in [5, 5.41) is 0.668. The number of fused-ring (bicyclic) bond motifs is 2. The number of allylic oxidation sites excluding steroid dienone is 1. The van der Waals surface area contributed by atoms with Crippen LogP contribution in [-0.4, -0.2) is 19.3 Å². The molecule has 5 heteroatoms. The van der Waals surface area contributed by atoms with Gasteiger partial charge >= 0.3 is 5.63 Å². The molecule has 0 bridgehead atoms. The molecule has 0 aliphatic carbocycles. The minimum atomic E-state index is -0.505. The molecule has 132 valence electrons. The average molecular weight is 342 g/mol. The van der Waals surface area contributed by atoms with Crippen molar-refractivity contribution in [3.63, 3.8) is 0 Å². The van der Waals surface area contributed by atoms with E-state index >= 15 is 0 Å². The summed E-state index contributed by atoms with van der Waals surface area (Å²) in [6.45, 7) is 8.23. The Kier molecular flexibility index (Phi) is 4.33. The first-order valence-corrected chi connectivity index (χ1v) is 8.14. The Morgan fingerprint density at radius 1 is 1.24 bits per heavy atom. The van der Waals surface area contributed by atoms with Crippen molar-refractivity contribution in [2.75, 3.05) is 13.7 Å². The molecule has 0 saturated carbocycles. The predicted octanol–water partition coefficient (Wildman–Crippen LogP) is 4.33.